The number of halogens is 1. The maximum absolute atomic E-state index is 15.3. The molecule has 132 valence electrons. The third-order valence-corrected chi connectivity index (χ3v) is 4.60. The molecule has 0 unspecified atom stereocenters. The zero-order chi connectivity index (χ0) is 17.7. The van der Waals surface area contributed by atoms with Gasteiger partial charge in [0.05, 0.1) is 19.8 Å². The van der Waals surface area contributed by atoms with Crippen molar-refractivity contribution in [2.24, 2.45) is 0 Å². The van der Waals surface area contributed by atoms with E-state index in [0.717, 1.165) is 0 Å². The molecule has 0 spiro atoms. The fourth-order valence-electron chi connectivity index (χ4n) is 3.31. The average Bonchev–Trinajstić information content (AvgIpc) is 2.90. The van der Waals surface area contributed by atoms with Gasteiger partial charge < -0.3 is 19.3 Å². The highest BCUT2D eigenvalue weighted by Crippen LogP contribution is 2.45. The lowest BCUT2D eigenvalue weighted by atomic mass is 9.76. The Balaban J connectivity index is 1.93. The van der Waals surface area contributed by atoms with Crippen LogP contribution in [-0.4, -0.2) is 54.4 Å². The Bertz CT molecular complexity index is 632. The molecule has 1 amide bonds. The molecule has 3 rings (SSSR count). The molecule has 2 heterocycles. The predicted octanol–water partition coefficient (Wildman–Crippen LogP) is 1.65. The second-order valence-corrected chi connectivity index (χ2v) is 6.63. The van der Waals surface area contributed by atoms with Gasteiger partial charge in [0.2, 0.25) is 5.67 Å². The number of amides is 1. The fraction of sp³-hybridized carbons (Fsp3) is 0.588. The SMILES string of the molecule is COc1ccc(N2C(=O)[C@@](F)([C@@H](C)O)[C@@H]2[C@H]2COC(C)(C)O2)cc1. The molecule has 24 heavy (non-hydrogen) atoms. The van der Waals surface area contributed by atoms with Gasteiger partial charge >= 0.3 is 0 Å². The zero-order valence-electron chi connectivity index (χ0n) is 14.2. The van der Waals surface area contributed by atoms with Crippen LogP contribution in [0.1, 0.15) is 20.8 Å². The summed E-state index contributed by atoms with van der Waals surface area (Å²) in [5, 5.41) is 9.87. The lowest BCUT2D eigenvalue weighted by Crippen LogP contribution is -2.79. The van der Waals surface area contributed by atoms with Gasteiger partial charge in [0.25, 0.3) is 5.91 Å². The van der Waals surface area contributed by atoms with Crippen LogP contribution in [-0.2, 0) is 14.3 Å². The van der Waals surface area contributed by atoms with E-state index in [2.05, 4.69) is 0 Å². The number of hydrogen-bond acceptors (Lipinski definition) is 5. The molecule has 4 atom stereocenters. The van der Waals surface area contributed by atoms with E-state index in [0.29, 0.717) is 11.4 Å². The second kappa shape index (κ2) is 5.68. The van der Waals surface area contributed by atoms with Gasteiger partial charge in [-0.2, -0.15) is 0 Å². The Morgan fingerprint density at radius 3 is 2.46 bits per heavy atom. The molecule has 7 heteroatoms. The van der Waals surface area contributed by atoms with Crippen LogP contribution in [0.2, 0.25) is 0 Å². The summed E-state index contributed by atoms with van der Waals surface area (Å²) in [4.78, 5) is 13.8. The van der Waals surface area contributed by atoms with Crippen molar-refractivity contribution in [1.82, 2.24) is 0 Å². The molecule has 1 aromatic carbocycles. The minimum Gasteiger partial charge on any atom is -0.497 e. The summed E-state index contributed by atoms with van der Waals surface area (Å²) in [6.45, 7) is 4.88. The van der Waals surface area contributed by atoms with Gasteiger partial charge in [-0.05, 0) is 45.0 Å². The van der Waals surface area contributed by atoms with Crippen LogP contribution in [0.3, 0.4) is 0 Å². The van der Waals surface area contributed by atoms with E-state index in [1.54, 1.807) is 45.2 Å². The molecule has 2 aliphatic rings. The predicted molar refractivity (Wildman–Crippen MR) is 84.7 cm³/mol. The van der Waals surface area contributed by atoms with Gasteiger partial charge in [-0.15, -0.1) is 0 Å². The number of aliphatic hydroxyl groups is 1. The Labute approximate surface area is 140 Å². The quantitative estimate of drug-likeness (QED) is 0.845. The molecule has 0 radical (unpaired) electrons. The first-order chi connectivity index (χ1) is 11.2. The number of alkyl halides is 1. The van der Waals surface area contributed by atoms with Gasteiger partial charge in [0.1, 0.15) is 17.9 Å². The fourth-order valence-corrected chi connectivity index (χ4v) is 3.31. The highest BCUT2D eigenvalue weighted by atomic mass is 19.1. The summed E-state index contributed by atoms with van der Waals surface area (Å²) >= 11 is 0. The average molecular weight is 339 g/mol. The number of anilines is 1. The number of ether oxygens (including phenoxy) is 3. The normalized spacial score (nSPS) is 33.2. The van der Waals surface area contributed by atoms with Crippen LogP contribution in [0, 0.1) is 0 Å². The Kier molecular flexibility index (Phi) is 4.06. The highest BCUT2D eigenvalue weighted by Gasteiger charge is 2.69. The van der Waals surface area contributed by atoms with Crippen molar-refractivity contribution < 1.29 is 28.5 Å². The molecule has 2 saturated heterocycles. The van der Waals surface area contributed by atoms with Gasteiger partial charge in [-0.1, -0.05) is 0 Å². The molecule has 1 aromatic rings. The maximum Gasteiger partial charge on any atom is 0.270 e. The van der Waals surface area contributed by atoms with E-state index in [4.69, 9.17) is 14.2 Å². The van der Waals surface area contributed by atoms with Gasteiger partial charge in [0, 0.05) is 5.69 Å². The smallest absolute Gasteiger partial charge is 0.270 e. The number of benzene rings is 1. The second-order valence-electron chi connectivity index (χ2n) is 6.63. The summed E-state index contributed by atoms with van der Waals surface area (Å²) in [5.41, 5.74) is -1.87. The highest BCUT2D eigenvalue weighted by molar-refractivity contribution is 6.09. The molecule has 0 bridgehead atoms. The summed E-state index contributed by atoms with van der Waals surface area (Å²) in [6, 6.07) is 5.77. The molecule has 2 aliphatic heterocycles. The number of methoxy groups -OCH3 is 1. The van der Waals surface area contributed by atoms with E-state index >= 15 is 4.39 Å². The maximum atomic E-state index is 15.3. The number of hydrogen-bond donors (Lipinski definition) is 1. The molecule has 6 nitrogen and oxygen atoms in total. The first-order valence-electron chi connectivity index (χ1n) is 7.87. The lowest BCUT2D eigenvalue weighted by molar-refractivity contribution is -0.174. The standard InChI is InChI=1S/C17H22FNO5/c1-10(20)17(18)14(13-9-23-16(2,3)24-13)19(15(17)21)11-5-7-12(22-4)8-6-11/h5-8,10,13-14,20H,9H2,1-4H3/t10-,13-,14+,17-/m1/s1. The number of rotatable bonds is 4. The lowest BCUT2D eigenvalue weighted by Gasteiger charge is -2.54. The largest absolute Gasteiger partial charge is 0.497 e. The number of β-lactam (4-membered cyclic amide) rings is 1. The topological polar surface area (TPSA) is 68.2 Å². The molecule has 0 saturated carbocycles. The van der Waals surface area contributed by atoms with Crippen LogP contribution in [0.25, 0.3) is 0 Å². The summed E-state index contributed by atoms with van der Waals surface area (Å²) in [6.07, 6.45) is -2.11. The molecule has 1 N–H and O–H groups in total. The molecule has 0 aromatic heterocycles. The van der Waals surface area contributed by atoms with Crippen molar-refractivity contribution >= 4 is 11.6 Å². The summed E-state index contributed by atoms with van der Waals surface area (Å²) in [5.74, 6) is -0.998. The Morgan fingerprint density at radius 1 is 1.38 bits per heavy atom. The molecule has 2 fully saturated rings. The van der Waals surface area contributed by atoms with E-state index in [9.17, 15) is 9.90 Å². The van der Waals surface area contributed by atoms with Gasteiger partial charge in [-0.25, -0.2) is 4.39 Å². The first kappa shape index (κ1) is 17.1. The van der Waals surface area contributed by atoms with Crippen LogP contribution in [0.4, 0.5) is 10.1 Å². The molecular weight excluding hydrogens is 317 g/mol. The zero-order valence-corrected chi connectivity index (χ0v) is 14.2. The molecule has 0 aliphatic carbocycles. The summed E-state index contributed by atoms with van der Waals surface area (Å²) < 4.78 is 31.6. The van der Waals surface area contributed by atoms with Crippen LogP contribution < -0.4 is 9.64 Å². The van der Waals surface area contributed by atoms with Gasteiger partial charge in [0.15, 0.2) is 5.79 Å². The van der Waals surface area contributed by atoms with Crippen LogP contribution in [0.15, 0.2) is 24.3 Å². The summed E-state index contributed by atoms with van der Waals surface area (Å²) in [7, 11) is 1.54. The van der Waals surface area contributed by atoms with Crippen molar-refractivity contribution in [3.63, 3.8) is 0 Å². The van der Waals surface area contributed by atoms with E-state index in [1.165, 1.54) is 11.8 Å². The number of carbonyl (C=O) groups excluding carboxylic acids is 1. The third kappa shape index (κ3) is 2.47. The first-order valence-corrected chi connectivity index (χ1v) is 7.87. The number of aliphatic hydroxyl groups excluding tert-OH is 1. The van der Waals surface area contributed by atoms with E-state index in [1.807, 2.05) is 0 Å². The van der Waals surface area contributed by atoms with E-state index < -0.39 is 35.6 Å². The Hall–Kier alpha value is -1.70. The van der Waals surface area contributed by atoms with Crippen molar-refractivity contribution in [2.75, 3.05) is 18.6 Å². The van der Waals surface area contributed by atoms with Crippen LogP contribution in [0.5, 0.6) is 5.75 Å². The third-order valence-electron chi connectivity index (χ3n) is 4.60. The monoisotopic (exact) mass is 339 g/mol. The van der Waals surface area contributed by atoms with Gasteiger partial charge in [-0.3, -0.25) is 9.69 Å². The van der Waals surface area contributed by atoms with Crippen molar-refractivity contribution in [3.8, 4) is 5.75 Å². The molecular formula is C17H22FNO5. The van der Waals surface area contributed by atoms with Crippen molar-refractivity contribution in [2.45, 2.75) is 50.5 Å². The van der Waals surface area contributed by atoms with Crippen LogP contribution >= 0.6 is 0 Å². The van der Waals surface area contributed by atoms with E-state index in [-0.39, 0.29) is 6.61 Å². The minimum absolute atomic E-state index is 0.149. The number of nitrogens with zero attached hydrogens (tertiary/aromatic N) is 1. The minimum atomic E-state index is -2.39. The Morgan fingerprint density at radius 2 is 2.00 bits per heavy atom. The number of carbonyl (C=O) groups is 1. The van der Waals surface area contributed by atoms with Crippen molar-refractivity contribution in [3.05, 3.63) is 24.3 Å². The van der Waals surface area contributed by atoms with Crippen molar-refractivity contribution in [1.29, 1.82) is 0 Å².